The molecular formula is C15H23N7O. The Bertz CT molecular complexity index is 657. The fraction of sp³-hybridized carbons (Fsp3) is 0.600. The van der Waals surface area contributed by atoms with E-state index in [0.717, 1.165) is 24.5 Å². The zero-order chi connectivity index (χ0) is 16.4. The molecule has 23 heavy (non-hydrogen) atoms. The molecule has 0 radical (unpaired) electrons. The summed E-state index contributed by atoms with van der Waals surface area (Å²) in [6, 6.07) is 1.84. The zero-order valence-electron chi connectivity index (χ0n) is 13.7. The first-order valence-corrected chi connectivity index (χ1v) is 7.80. The van der Waals surface area contributed by atoms with Gasteiger partial charge in [0.2, 0.25) is 5.95 Å². The van der Waals surface area contributed by atoms with Gasteiger partial charge in [-0.25, -0.2) is 4.98 Å². The van der Waals surface area contributed by atoms with E-state index in [1.807, 2.05) is 36.7 Å². The molecule has 0 aromatic carbocycles. The summed E-state index contributed by atoms with van der Waals surface area (Å²) < 4.78 is 1.93. The van der Waals surface area contributed by atoms with Gasteiger partial charge in [0.1, 0.15) is 18.0 Å². The molecular weight excluding hydrogens is 294 g/mol. The first-order valence-electron chi connectivity index (χ1n) is 7.80. The Kier molecular flexibility index (Phi) is 4.42. The van der Waals surface area contributed by atoms with Crippen molar-refractivity contribution in [1.29, 1.82) is 0 Å². The Morgan fingerprint density at radius 3 is 2.91 bits per heavy atom. The van der Waals surface area contributed by atoms with Crippen molar-refractivity contribution in [3.05, 3.63) is 24.4 Å². The van der Waals surface area contributed by atoms with E-state index in [1.165, 1.54) is 0 Å². The molecule has 3 rings (SSSR count). The van der Waals surface area contributed by atoms with Gasteiger partial charge in [-0.2, -0.15) is 4.98 Å². The molecule has 8 nitrogen and oxygen atoms in total. The van der Waals surface area contributed by atoms with Crippen LogP contribution in [0.5, 0.6) is 0 Å². The number of hydrogen-bond acceptors (Lipinski definition) is 7. The van der Waals surface area contributed by atoms with Gasteiger partial charge >= 0.3 is 0 Å². The molecule has 0 saturated heterocycles. The van der Waals surface area contributed by atoms with E-state index in [1.54, 1.807) is 12.5 Å². The first-order chi connectivity index (χ1) is 11.0. The smallest absolute Gasteiger partial charge is 0.226 e. The molecule has 2 heterocycles. The number of anilines is 2. The minimum atomic E-state index is -0.334. The van der Waals surface area contributed by atoms with Crippen molar-refractivity contribution >= 4 is 11.8 Å². The quantitative estimate of drug-likeness (QED) is 0.836. The van der Waals surface area contributed by atoms with Crippen LogP contribution in [0.15, 0.2) is 18.6 Å². The normalized spacial score (nSPS) is 23.9. The number of aliphatic hydroxyl groups excluding tert-OH is 1. The number of nitrogens with one attached hydrogen (secondary N) is 1. The van der Waals surface area contributed by atoms with Crippen LogP contribution < -0.4 is 10.2 Å². The van der Waals surface area contributed by atoms with Gasteiger partial charge in [0.15, 0.2) is 0 Å². The average Bonchev–Trinajstić information content (AvgIpc) is 3.11. The fourth-order valence-corrected chi connectivity index (χ4v) is 3.09. The van der Waals surface area contributed by atoms with Crippen LogP contribution in [-0.4, -0.2) is 56.6 Å². The summed E-state index contributed by atoms with van der Waals surface area (Å²) in [6.45, 7) is 0.680. The SMILES string of the molecule is CN(C)c1nccc(NC[C@H]2C[C@H](c3nncn3C)C[C@H]2O)n1. The van der Waals surface area contributed by atoms with Crippen LogP contribution >= 0.6 is 0 Å². The van der Waals surface area contributed by atoms with Gasteiger partial charge in [-0.05, 0) is 18.9 Å². The molecule has 2 aromatic rings. The van der Waals surface area contributed by atoms with Gasteiger partial charge in [0.05, 0.1) is 6.10 Å². The van der Waals surface area contributed by atoms with Crippen molar-refractivity contribution < 1.29 is 5.11 Å². The van der Waals surface area contributed by atoms with Gasteiger partial charge in [-0.1, -0.05) is 0 Å². The summed E-state index contributed by atoms with van der Waals surface area (Å²) in [6.07, 6.45) is 4.73. The van der Waals surface area contributed by atoms with Crippen LogP contribution in [-0.2, 0) is 7.05 Å². The van der Waals surface area contributed by atoms with E-state index >= 15 is 0 Å². The van der Waals surface area contributed by atoms with Crippen molar-refractivity contribution in [3.63, 3.8) is 0 Å². The largest absolute Gasteiger partial charge is 0.393 e. The van der Waals surface area contributed by atoms with Crippen LogP contribution in [0.3, 0.4) is 0 Å². The lowest BCUT2D eigenvalue weighted by molar-refractivity contribution is 0.137. The lowest BCUT2D eigenvalue weighted by Crippen LogP contribution is -2.22. The van der Waals surface area contributed by atoms with Crippen molar-refractivity contribution in [2.45, 2.75) is 24.9 Å². The number of aliphatic hydroxyl groups is 1. The lowest BCUT2D eigenvalue weighted by atomic mass is 10.0. The van der Waals surface area contributed by atoms with E-state index in [4.69, 9.17) is 0 Å². The maximum Gasteiger partial charge on any atom is 0.226 e. The van der Waals surface area contributed by atoms with Crippen molar-refractivity contribution in [1.82, 2.24) is 24.7 Å². The Morgan fingerprint density at radius 2 is 2.22 bits per heavy atom. The maximum atomic E-state index is 10.3. The van der Waals surface area contributed by atoms with E-state index in [0.29, 0.717) is 12.5 Å². The molecule has 3 atom stereocenters. The summed E-state index contributed by atoms with van der Waals surface area (Å²) in [5, 5.41) is 21.7. The third-order valence-electron chi connectivity index (χ3n) is 4.36. The third kappa shape index (κ3) is 3.42. The van der Waals surface area contributed by atoms with Gasteiger partial charge in [0, 0.05) is 45.7 Å². The lowest BCUT2D eigenvalue weighted by Gasteiger charge is -2.16. The van der Waals surface area contributed by atoms with E-state index in [9.17, 15) is 5.11 Å². The van der Waals surface area contributed by atoms with Gasteiger partial charge in [-0.3, -0.25) is 0 Å². The molecule has 0 bridgehead atoms. The molecule has 1 aliphatic carbocycles. The Labute approximate surface area is 135 Å². The van der Waals surface area contributed by atoms with E-state index in [2.05, 4.69) is 25.5 Å². The second-order valence-electron chi connectivity index (χ2n) is 6.31. The molecule has 1 saturated carbocycles. The minimum absolute atomic E-state index is 0.175. The molecule has 0 amide bonds. The summed E-state index contributed by atoms with van der Waals surface area (Å²) in [4.78, 5) is 10.5. The number of rotatable bonds is 5. The highest BCUT2D eigenvalue weighted by Crippen LogP contribution is 2.37. The predicted octanol–water partition coefficient (Wildman–Crippen LogP) is 0.638. The van der Waals surface area contributed by atoms with Crippen LogP contribution in [0.25, 0.3) is 0 Å². The summed E-state index contributed by atoms with van der Waals surface area (Å²) in [7, 11) is 5.76. The maximum absolute atomic E-state index is 10.3. The highest BCUT2D eigenvalue weighted by atomic mass is 16.3. The number of hydrogen-bond donors (Lipinski definition) is 2. The molecule has 0 spiro atoms. The highest BCUT2D eigenvalue weighted by molar-refractivity contribution is 5.40. The molecule has 2 aromatic heterocycles. The minimum Gasteiger partial charge on any atom is -0.393 e. The fourth-order valence-electron chi connectivity index (χ4n) is 3.09. The molecule has 0 unspecified atom stereocenters. The van der Waals surface area contributed by atoms with Crippen molar-refractivity contribution in [3.8, 4) is 0 Å². The van der Waals surface area contributed by atoms with Gasteiger partial charge < -0.3 is 19.9 Å². The topological polar surface area (TPSA) is 92.0 Å². The molecule has 0 aliphatic heterocycles. The Hall–Kier alpha value is -2.22. The Morgan fingerprint density at radius 1 is 1.39 bits per heavy atom. The molecule has 8 heteroatoms. The van der Waals surface area contributed by atoms with Crippen LogP contribution in [0.4, 0.5) is 11.8 Å². The van der Waals surface area contributed by atoms with E-state index in [-0.39, 0.29) is 17.9 Å². The van der Waals surface area contributed by atoms with Gasteiger partial charge in [0.25, 0.3) is 0 Å². The predicted molar refractivity (Wildman–Crippen MR) is 87.3 cm³/mol. The molecule has 2 N–H and O–H groups in total. The summed E-state index contributed by atoms with van der Waals surface area (Å²) in [5.41, 5.74) is 0. The molecule has 1 fully saturated rings. The van der Waals surface area contributed by atoms with Crippen LogP contribution in [0.2, 0.25) is 0 Å². The monoisotopic (exact) mass is 317 g/mol. The average molecular weight is 317 g/mol. The first kappa shape index (κ1) is 15.7. The number of aromatic nitrogens is 5. The molecule has 124 valence electrons. The number of aryl methyl sites for hydroxylation is 1. The number of nitrogens with zero attached hydrogens (tertiary/aromatic N) is 6. The van der Waals surface area contributed by atoms with Crippen molar-refractivity contribution in [2.75, 3.05) is 30.9 Å². The zero-order valence-corrected chi connectivity index (χ0v) is 13.7. The van der Waals surface area contributed by atoms with E-state index < -0.39 is 0 Å². The van der Waals surface area contributed by atoms with Crippen LogP contribution in [0, 0.1) is 5.92 Å². The van der Waals surface area contributed by atoms with Crippen molar-refractivity contribution in [2.24, 2.45) is 13.0 Å². The van der Waals surface area contributed by atoms with Crippen LogP contribution in [0.1, 0.15) is 24.6 Å². The molecule has 1 aliphatic rings. The second-order valence-corrected chi connectivity index (χ2v) is 6.31. The highest BCUT2D eigenvalue weighted by Gasteiger charge is 2.35. The Balaban J connectivity index is 1.60. The summed E-state index contributed by atoms with van der Waals surface area (Å²) in [5.74, 6) is 2.82. The standard InChI is InChI=1S/C15H23N7O/c1-21(2)15-16-5-4-13(19-15)17-8-11-6-10(7-12(11)23)14-20-18-9-22(14)3/h4-5,9-12,23H,6-8H2,1-3H3,(H,16,17,19)/t10-,11+,12+/m0/s1. The van der Waals surface area contributed by atoms with Gasteiger partial charge in [-0.15, -0.1) is 10.2 Å². The summed E-state index contributed by atoms with van der Waals surface area (Å²) >= 11 is 0. The second kappa shape index (κ2) is 6.49. The third-order valence-corrected chi connectivity index (χ3v) is 4.36.